The lowest BCUT2D eigenvalue weighted by Crippen LogP contribution is -1.93. The maximum Gasteiger partial charge on any atom is 0.303 e. The average molecular weight is 321 g/mol. The Balaban J connectivity index is 1.68. The van der Waals surface area contributed by atoms with Gasteiger partial charge in [0.25, 0.3) is 0 Å². The minimum Gasteiger partial charge on any atom is -0.481 e. The SMILES string of the molecule is O=C(O)CCCCCCCCCCCCCCCC1=CCC=C1. The summed E-state index contributed by atoms with van der Waals surface area (Å²) in [5, 5.41) is 8.55. The summed E-state index contributed by atoms with van der Waals surface area (Å²) in [5.41, 5.74) is 1.55. The zero-order chi connectivity index (χ0) is 16.6. The van der Waals surface area contributed by atoms with Gasteiger partial charge in [0.15, 0.2) is 0 Å². The quantitative estimate of drug-likeness (QED) is 0.317. The van der Waals surface area contributed by atoms with Crippen molar-refractivity contribution in [2.45, 2.75) is 103 Å². The molecule has 1 aliphatic carbocycles. The van der Waals surface area contributed by atoms with Gasteiger partial charge in [-0.25, -0.2) is 0 Å². The van der Waals surface area contributed by atoms with E-state index in [0.717, 1.165) is 19.3 Å². The summed E-state index contributed by atoms with van der Waals surface area (Å²) in [6.07, 6.45) is 26.5. The third-order valence-corrected chi connectivity index (χ3v) is 4.70. The summed E-state index contributed by atoms with van der Waals surface area (Å²) in [6, 6.07) is 0. The summed E-state index contributed by atoms with van der Waals surface area (Å²) in [7, 11) is 0. The van der Waals surface area contributed by atoms with Crippen molar-refractivity contribution in [2.24, 2.45) is 0 Å². The first-order valence-corrected chi connectivity index (χ1v) is 9.86. The van der Waals surface area contributed by atoms with Crippen molar-refractivity contribution < 1.29 is 9.90 Å². The van der Waals surface area contributed by atoms with E-state index < -0.39 is 5.97 Å². The third-order valence-electron chi connectivity index (χ3n) is 4.70. The van der Waals surface area contributed by atoms with Gasteiger partial charge in [0.05, 0.1) is 0 Å². The molecule has 1 N–H and O–H groups in total. The Morgan fingerprint density at radius 1 is 0.783 bits per heavy atom. The number of hydrogen-bond acceptors (Lipinski definition) is 1. The van der Waals surface area contributed by atoms with Crippen LogP contribution in [0.3, 0.4) is 0 Å². The summed E-state index contributed by atoms with van der Waals surface area (Å²) < 4.78 is 0. The van der Waals surface area contributed by atoms with E-state index in [9.17, 15) is 4.79 Å². The second-order valence-corrected chi connectivity index (χ2v) is 6.91. The monoisotopic (exact) mass is 320 g/mol. The Morgan fingerprint density at radius 3 is 1.70 bits per heavy atom. The molecule has 0 saturated heterocycles. The minimum absolute atomic E-state index is 0.342. The van der Waals surface area contributed by atoms with Crippen LogP contribution in [0.4, 0.5) is 0 Å². The maximum atomic E-state index is 10.4. The van der Waals surface area contributed by atoms with E-state index in [1.165, 1.54) is 77.0 Å². The molecule has 1 rings (SSSR count). The Bertz CT molecular complexity index is 355. The number of carbonyl (C=O) groups is 1. The Kier molecular flexibility index (Phi) is 12.6. The second-order valence-electron chi connectivity index (χ2n) is 6.91. The molecule has 2 nitrogen and oxygen atoms in total. The fourth-order valence-electron chi connectivity index (χ4n) is 3.24. The smallest absolute Gasteiger partial charge is 0.303 e. The molecule has 0 aromatic carbocycles. The molecule has 0 aliphatic heterocycles. The van der Waals surface area contributed by atoms with Crippen LogP contribution in [-0.2, 0) is 4.79 Å². The van der Waals surface area contributed by atoms with E-state index >= 15 is 0 Å². The number of hydrogen-bond donors (Lipinski definition) is 1. The molecule has 0 fully saturated rings. The van der Waals surface area contributed by atoms with Crippen molar-refractivity contribution in [1.29, 1.82) is 0 Å². The highest BCUT2D eigenvalue weighted by molar-refractivity contribution is 5.66. The van der Waals surface area contributed by atoms with Crippen molar-refractivity contribution in [3.05, 3.63) is 23.8 Å². The second kappa shape index (κ2) is 14.5. The Hall–Kier alpha value is -1.05. The lowest BCUT2D eigenvalue weighted by Gasteiger charge is -2.03. The average Bonchev–Trinajstić information content (AvgIpc) is 3.04. The van der Waals surface area contributed by atoms with Crippen LogP contribution < -0.4 is 0 Å². The van der Waals surface area contributed by atoms with Gasteiger partial charge < -0.3 is 5.11 Å². The molecule has 0 aromatic heterocycles. The lowest BCUT2D eigenvalue weighted by atomic mass is 10.0. The number of rotatable bonds is 16. The van der Waals surface area contributed by atoms with Crippen LogP contribution in [0.2, 0.25) is 0 Å². The molecule has 0 heterocycles. The van der Waals surface area contributed by atoms with Crippen molar-refractivity contribution in [3.63, 3.8) is 0 Å². The van der Waals surface area contributed by atoms with Gasteiger partial charge in [-0.1, -0.05) is 94.4 Å². The Morgan fingerprint density at radius 2 is 1.26 bits per heavy atom. The largest absolute Gasteiger partial charge is 0.481 e. The van der Waals surface area contributed by atoms with E-state index in [1.807, 2.05) is 0 Å². The minimum atomic E-state index is -0.655. The molecule has 0 bridgehead atoms. The van der Waals surface area contributed by atoms with Gasteiger partial charge in [-0.15, -0.1) is 0 Å². The van der Waals surface area contributed by atoms with Crippen molar-refractivity contribution in [2.75, 3.05) is 0 Å². The zero-order valence-electron chi connectivity index (χ0n) is 14.9. The lowest BCUT2D eigenvalue weighted by molar-refractivity contribution is -0.137. The molecular weight excluding hydrogens is 284 g/mol. The van der Waals surface area contributed by atoms with Crippen molar-refractivity contribution in [1.82, 2.24) is 0 Å². The highest BCUT2D eigenvalue weighted by Crippen LogP contribution is 2.18. The Labute approximate surface area is 143 Å². The third kappa shape index (κ3) is 13.1. The highest BCUT2D eigenvalue weighted by atomic mass is 16.4. The molecule has 0 amide bonds. The highest BCUT2D eigenvalue weighted by Gasteiger charge is 1.98. The summed E-state index contributed by atoms with van der Waals surface area (Å²) in [5.74, 6) is -0.655. The first kappa shape index (κ1) is 20.0. The van der Waals surface area contributed by atoms with Gasteiger partial charge in [0, 0.05) is 6.42 Å². The van der Waals surface area contributed by atoms with Gasteiger partial charge in [-0.05, 0) is 25.7 Å². The van der Waals surface area contributed by atoms with E-state index in [1.54, 1.807) is 5.57 Å². The van der Waals surface area contributed by atoms with Gasteiger partial charge >= 0.3 is 5.97 Å². The van der Waals surface area contributed by atoms with Crippen LogP contribution in [0.5, 0.6) is 0 Å². The molecule has 0 radical (unpaired) electrons. The fraction of sp³-hybridized carbons (Fsp3) is 0.762. The standard InChI is InChI=1S/C21H36O2/c22-21(23)19-13-11-9-7-5-3-1-2-4-6-8-10-12-16-20-17-14-15-18-20/h14,17-18H,1-13,15-16,19H2,(H,22,23). The number of carboxylic acids is 1. The van der Waals surface area contributed by atoms with Crippen LogP contribution in [0.25, 0.3) is 0 Å². The van der Waals surface area contributed by atoms with Gasteiger partial charge in [0.1, 0.15) is 0 Å². The van der Waals surface area contributed by atoms with Crippen LogP contribution in [0.1, 0.15) is 103 Å². The number of unbranched alkanes of at least 4 members (excludes halogenated alkanes) is 12. The molecule has 0 saturated carbocycles. The van der Waals surface area contributed by atoms with Crippen LogP contribution >= 0.6 is 0 Å². The molecule has 0 atom stereocenters. The summed E-state index contributed by atoms with van der Waals surface area (Å²) in [6.45, 7) is 0. The van der Waals surface area contributed by atoms with Crippen LogP contribution in [0, 0.1) is 0 Å². The topological polar surface area (TPSA) is 37.3 Å². The predicted octanol–water partition coefficient (Wildman–Crippen LogP) is 6.81. The molecular formula is C21H36O2. The number of allylic oxidation sites excluding steroid dienone is 4. The molecule has 0 unspecified atom stereocenters. The van der Waals surface area contributed by atoms with Crippen molar-refractivity contribution in [3.8, 4) is 0 Å². The van der Waals surface area contributed by atoms with Crippen molar-refractivity contribution >= 4 is 5.97 Å². The van der Waals surface area contributed by atoms with Gasteiger partial charge in [-0.2, -0.15) is 0 Å². The summed E-state index contributed by atoms with van der Waals surface area (Å²) in [4.78, 5) is 10.4. The molecule has 23 heavy (non-hydrogen) atoms. The maximum absolute atomic E-state index is 10.4. The van der Waals surface area contributed by atoms with Crippen LogP contribution in [0.15, 0.2) is 23.8 Å². The van der Waals surface area contributed by atoms with E-state index in [0.29, 0.717) is 6.42 Å². The first-order chi connectivity index (χ1) is 11.3. The molecule has 1 aliphatic rings. The van der Waals surface area contributed by atoms with E-state index in [2.05, 4.69) is 18.2 Å². The van der Waals surface area contributed by atoms with E-state index in [-0.39, 0.29) is 0 Å². The van der Waals surface area contributed by atoms with E-state index in [4.69, 9.17) is 5.11 Å². The zero-order valence-corrected chi connectivity index (χ0v) is 14.9. The molecule has 0 spiro atoms. The van der Waals surface area contributed by atoms with Crippen LogP contribution in [-0.4, -0.2) is 11.1 Å². The first-order valence-electron chi connectivity index (χ1n) is 9.86. The summed E-state index contributed by atoms with van der Waals surface area (Å²) >= 11 is 0. The fourth-order valence-corrected chi connectivity index (χ4v) is 3.24. The normalized spacial score (nSPS) is 13.5. The van der Waals surface area contributed by atoms with Gasteiger partial charge in [0.2, 0.25) is 0 Å². The molecule has 2 heteroatoms. The van der Waals surface area contributed by atoms with Gasteiger partial charge in [-0.3, -0.25) is 4.79 Å². The number of carboxylic acid groups (broad SMARTS) is 1. The number of aliphatic carboxylic acids is 1. The molecule has 132 valence electrons. The predicted molar refractivity (Wildman–Crippen MR) is 98.7 cm³/mol. The molecule has 0 aromatic rings.